The molecule has 4 heteroatoms. The van der Waals surface area contributed by atoms with E-state index in [9.17, 15) is 10.2 Å². The molecule has 4 nitrogen and oxygen atoms in total. The highest BCUT2D eigenvalue weighted by Crippen LogP contribution is 2.71. The van der Waals surface area contributed by atoms with Crippen molar-refractivity contribution in [3.63, 3.8) is 0 Å². The maximum Gasteiger partial charge on any atom is 0.115 e. The summed E-state index contributed by atoms with van der Waals surface area (Å²) >= 11 is 0. The molecule has 2 spiro atoms. The van der Waals surface area contributed by atoms with Crippen molar-refractivity contribution in [2.75, 3.05) is 6.61 Å². The first-order valence-electron chi connectivity index (χ1n) is 15.1. The molecule has 2 saturated heterocycles. The van der Waals surface area contributed by atoms with Gasteiger partial charge in [0.05, 0.1) is 17.1 Å². The zero-order valence-corrected chi connectivity index (χ0v) is 22.8. The second-order valence-corrected chi connectivity index (χ2v) is 14.4. The molecule has 37 heavy (non-hydrogen) atoms. The lowest BCUT2D eigenvalue weighted by Crippen LogP contribution is -2.81. The summed E-state index contributed by atoms with van der Waals surface area (Å²) < 4.78 is 7.49. The van der Waals surface area contributed by atoms with E-state index >= 15 is 0 Å². The number of nitrogens with two attached hydrogens (primary N) is 1. The Kier molecular flexibility index (Phi) is 5.45. The molecule has 0 amide bonds. The maximum atomic E-state index is 10.3. The molecule has 8 atom stereocenters. The lowest BCUT2D eigenvalue weighted by molar-refractivity contribution is -0.350. The van der Waals surface area contributed by atoms with Gasteiger partial charge < -0.3 is 20.7 Å². The van der Waals surface area contributed by atoms with E-state index < -0.39 is 5.54 Å². The predicted molar refractivity (Wildman–Crippen MR) is 145 cm³/mol. The molecule has 1 aromatic carbocycles. The summed E-state index contributed by atoms with van der Waals surface area (Å²) in [6.07, 6.45) is 13.9. The Hall–Kier alpha value is -1.54. The molecule has 5 aliphatic carbocycles. The molecular weight excluding hydrogens is 458 g/mol. The number of phenols is 1. The highest BCUT2D eigenvalue weighted by atomic mass is 16.5. The second-order valence-electron chi connectivity index (χ2n) is 14.4. The molecule has 7 aliphatic rings. The fraction of sp³-hybridized carbons (Fsp3) is 0.758. The van der Waals surface area contributed by atoms with Crippen LogP contribution in [0.2, 0.25) is 0 Å². The Morgan fingerprint density at radius 1 is 1.11 bits per heavy atom. The molecule has 2 heterocycles. The number of rotatable bonds is 2. The minimum absolute atomic E-state index is 0.0622. The first-order chi connectivity index (χ1) is 17.7. The minimum atomic E-state index is -0.548. The third kappa shape index (κ3) is 3.39. The molecule has 1 unspecified atom stereocenters. The van der Waals surface area contributed by atoms with Crippen molar-refractivity contribution in [3.05, 3.63) is 29.3 Å². The average Bonchev–Trinajstić information content (AvgIpc) is 3.28. The lowest BCUT2D eigenvalue weighted by atomic mass is 9.39. The third-order valence-electron chi connectivity index (χ3n) is 12.4. The Morgan fingerprint density at radius 2 is 1.92 bits per heavy atom. The number of phenolic OH excluding ortho intramolecular Hbond substituents is 1. The summed E-state index contributed by atoms with van der Waals surface area (Å²) in [6.45, 7) is 4.63. The zero-order valence-electron chi connectivity index (χ0n) is 22.8. The van der Waals surface area contributed by atoms with Crippen LogP contribution in [0.5, 0.6) is 5.75 Å². The van der Waals surface area contributed by atoms with E-state index in [-0.39, 0.29) is 29.6 Å². The van der Waals surface area contributed by atoms with Crippen molar-refractivity contribution < 1.29 is 14.9 Å². The molecule has 1 aromatic rings. The molecule has 0 aromatic heterocycles. The molecule has 6 fully saturated rings. The molecule has 5 bridgehead atoms. The Labute approximate surface area is 222 Å². The molecule has 4 N–H and O–H groups in total. The third-order valence-corrected chi connectivity index (χ3v) is 12.4. The van der Waals surface area contributed by atoms with Crippen LogP contribution < -0.4 is 5.73 Å². The normalized spacial score (nSPS) is 44.4. The lowest BCUT2D eigenvalue weighted by Gasteiger charge is -2.73. The number of aromatic hydroxyl groups is 1. The highest BCUT2D eigenvalue weighted by Gasteiger charge is 2.74. The number of hydrogen-bond donors (Lipinski definition) is 3. The van der Waals surface area contributed by atoms with Gasteiger partial charge in [0.15, 0.2) is 0 Å². The van der Waals surface area contributed by atoms with E-state index in [2.05, 4.69) is 31.8 Å². The van der Waals surface area contributed by atoms with Gasteiger partial charge in [-0.25, -0.2) is 0 Å². The minimum Gasteiger partial charge on any atom is -0.508 e. The molecule has 200 valence electrons. The fourth-order valence-corrected chi connectivity index (χ4v) is 11.2. The van der Waals surface area contributed by atoms with E-state index in [1.807, 2.05) is 12.1 Å². The Morgan fingerprint density at radius 3 is 2.70 bits per heavy atom. The van der Waals surface area contributed by atoms with Crippen LogP contribution in [-0.4, -0.2) is 33.6 Å². The maximum absolute atomic E-state index is 10.3. The Bertz CT molecular complexity index is 1140. The van der Waals surface area contributed by atoms with Gasteiger partial charge in [0.25, 0.3) is 0 Å². The molecule has 2 aliphatic heterocycles. The van der Waals surface area contributed by atoms with Crippen molar-refractivity contribution in [1.29, 1.82) is 0 Å². The van der Waals surface area contributed by atoms with Crippen LogP contribution in [0.3, 0.4) is 0 Å². The summed E-state index contributed by atoms with van der Waals surface area (Å²) in [7, 11) is 0. The van der Waals surface area contributed by atoms with Crippen molar-refractivity contribution in [3.8, 4) is 17.6 Å². The summed E-state index contributed by atoms with van der Waals surface area (Å²) in [5.74, 6) is 10.1. The van der Waals surface area contributed by atoms with E-state index in [0.717, 1.165) is 12.8 Å². The standard InChI is InChI=1S/C33H45NO3/c1-30(2)29-18-24-9-11-26-23-16-22-8-10-25(36)17-21(22)6-5-7-28(32(29,34)14-15-35)33(24,37-30)27(26)20-31(19-23)12-3-4-13-31/h8,10,17,23-24,26-29,35-36H,3-4,6,9,11-16,18-20,34H2,1-2H3/t23-,24+,26+,27+,28?,29+,32-,33+/m0/s1. The van der Waals surface area contributed by atoms with Crippen LogP contribution in [0.1, 0.15) is 89.2 Å². The van der Waals surface area contributed by atoms with Crippen LogP contribution in [0.4, 0.5) is 0 Å². The Balaban J connectivity index is 1.46. The van der Waals surface area contributed by atoms with Crippen LogP contribution in [0.25, 0.3) is 0 Å². The molecule has 4 saturated carbocycles. The van der Waals surface area contributed by atoms with Gasteiger partial charge in [-0.05, 0) is 124 Å². The number of ether oxygens (including phenoxy) is 1. The highest BCUT2D eigenvalue weighted by molar-refractivity contribution is 5.40. The quantitative estimate of drug-likeness (QED) is 0.474. The van der Waals surface area contributed by atoms with Crippen molar-refractivity contribution in [2.24, 2.45) is 46.7 Å². The molecule has 0 radical (unpaired) electrons. The van der Waals surface area contributed by atoms with Crippen LogP contribution in [0, 0.1) is 52.8 Å². The number of aliphatic hydroxyl groups is 1. The first kappa shape index (κ1) is 24.5. The van der Waals surface area contributed by atoms with Gasteiger partial charge in [0.2, 0.25) is 0 Å². The summed E-state index contributed by atoms with van der Waals surface area (Å²) in [4.78, 5) is 0. The largest absolute Gasteiger partial charge is 0.508 e. The van der Waals surface area contributed by atoms with Gasteiger partial charge in [-0.15, -0.1) is 0 Å². The van der Waals surface area contributed by atoms with Gasteiger partial charge in [-0.2, -0.15) is 0 Å². The van der Waals surface area contributed by atoms with E-state index in [1.165, 1.54) is 62.5 Å². The number of hydrogen-bond acceptors (Lipinski definition) is 4. The first-order valence-corrected chi connectivity index (χ1v) is 15.1. The molecular formula is C33H45NO3. The van der Waals surface area contributed by atoms with Gasteiger partial charge in [-0.3, -0.25) is 0 Å². The average molecular weight is 504 g/mol. The van der Waals surface area contributed by atoms with Gasteiger partial charge in [-0.1, -0.05) is 30.7 Å². The summed E-state index contributed by atoms with van der Waals surface area (Å²) in [6, 6.07) is 5.97. The van der Waals surface area contributed by atoms with Crippen LogP contribution in [0.15, 0.2) is 18.2 Å². The number of benzene rings is 1. The van der Waals surface area contributed by atoms with Crippen molar-refractivity contribution in [1.82, 2.24) is 0 Å². The fourth-order valence-electron chi connectivity index (χ4n) is 11.2. The summed E-state index contributed by atoms with van der Waals surface area (Å²) in [5, 5.41) is 20.6. The molecule has 8 rings (SSSR count). The van der Waals surface area contributed by atoms with Crippen molar-refractivity contribution >= 4 is 0 Å². The number of aliphatic hydroxyl groups excluding tert-OH is 1. The second kappa shape index (κ2) is 8.23. The number of fused-ring (bicyclic) bond motifs is 2. The van der Waals surface area contributed by atoms with Gasteiger partial charge in [0.1, 0.15) is 5.75 Å². The van der Waals surface area contributed by atoms with E-state index in [1.54, 1.807) is 0 Å². The zero-order chi connectivity index (χ0) is 25.6. The topological polar surface area (TPSA) is 75.7 Å². The predicted octanol–water partition coefficient (Wildman–Crippen LogP) is 5.37. The van der Waals surface area contributed by atoms with Gasteiger partial charge in [0, 0.05) is 24.5 Å². The van der Waals surface area contributed by atoms with E-state index in [4.69, 9.17) is 10.5 Å². The van der Waals surface area contributed by atoms with Crippen LogP contribution in [-0.2, 0) is 17.6 Å². The van der Waals surface area contributed by atoms with Crippen molar-refractivity contribution in [2.45, 2.75) is 108 Å². The van der Waals surface area contributed by atoms with Crippen LogP contribution >= 0.6 is 0 Å². The smallest absolute Gasteiger partial charge is 0.115 e. The monoisotopic (exact) mass is 503 g/mol. The SMILES string of the molecule is CC1(C)O[C@@]23C4C#CCc5cc(O)ccc5C[C@H]5CC6(CCCC6)C[C@@H]2[C@@H]5CC[C@@H]3C[C@H]1[C@]4(N)CCO. The van der Waals surface area contributed by atoms with Gasteiger partial charge >= 0.3 is 0 Å². The summed E-state index contributed by atoms with van der Waals surface area (Å²) in [5.41, 5.74) is 9.28. The van der Waals surface area contributed by atoms with E-state index in [0.29, 0.717) is 47.7 Å².